The number of benzene rings is 2. The molecule has 0 aliphatic carbocycles. The molecule has 0 saturated carbocycles. The van der Waals surface area contributed by atoms with Crippen molar-refractivity contribution >= 4 is 17.5 Å². The van der Waals surface area contributed by atoms with Gasteiger partial charge in [0.15, 0.2) is 0 Å². The molecule has 1 aromatic heterocycles. The van der Waals surface area contributed by atoms with Gasteiger partial charge in [-0.2, -0.15) is 4.98 Å². The van der Waals surface area contributed by atoms with Crippen LogP contribution >= 0.6 is 0 Å². The number of ether oxygens (including phenoxy) is 1. The number of methoxy groups -OCH3 is 1. The number of anilines is 3. The fourth-order valence-electron chi connectivity index (χ4n) is 2.81. The Morgan fingerprint density at radius 3 is 2.29 bits per heavy atom. The number of hydrogen-bond acceptors (Lipinski definition) is 5. The van der Waals surface area contributed by atoms with E-state index < -0.39 is 0 Å². The zero-order valence-corrected chi connectivity index (χ0v) is 17.0. The molecule has 2 N–H and O–H groups in total. The summed E-state index contributed by atoms with van der Waals surface area (Å²) in [5, 5.41) is 6.62. The third-order valence-electron chi connectivity index (χ3n) is 4.42. The average Bonchev–Trinajstić information content (AvgIpc) is 2.68. The third-order valence-corrected chi connectivity index (χ3v) is 4.42. The van der Waals surface area contributed by atoms with E-state index in [9.17, 15) is 0 Å². The summed E-state index contributed by atoms with van der Waals surface area (Å²) in [5.74, 6) is 1.32. The highest BCUT2D eigenvalue weighted by Gasteiger charge is 2.13. The molecule has 1 heterocycles. The van der Waals surface area contributed by atoms with E-state index in [1.807, 2.05) is 36.4 Å². The highest BCUT2D eigenvalue weighted by molar-refractivity contribution is 5.66. The van der Waals surface area contributed by atoms with Crippen molar-refractivity contribution in [3.8, 4) is 11.3 Å². The van der Waals surface area contributed by atoms with Crippen molar-refractivity contribution in [1.29, 1.82) is 0 Å². The number of aromatic nitrogens is 2. The lowest BCUT2D eigenvalue weighted by Crippen LogP contribution is -2.11. The van der Waals surface area contributed by atoms with Crippen LogP contribution in [0, 0.1) is 0 Å². The second kappa shape index (κ2) is 8.85. The molecule has 146 valence electrons. The molecule has 0 atom stereocenters. The first kappa shape index (κ1) is 19.8. The molecule has 3 rings (SSSR count). The van der Waals surface area contributed by atoms with E-state index in [4.69, 9.17) is 9.72 Å². The Morgan fingerprint density at radius 1 is 0.929 bits per heavy atom. The van der Waals surface area contributed by atoms with Crippen molar-refractivity contribution in [3.63, 3.8) is 0 Å². The normalized spacial score (nSPS) is 11.3. The fourth-order valence-corrected chi connectivity index (χ4v) is 2.81. The topological polar surface area (TPSA) is 59.1 Å². The molecular formula is C23H28N4O. The maximum absolute atomic E-state index is 5.12. The van der Waals surface area contributed by atoms with Crippen molar-refractivity contribution in [2.75, 3.05) is 30.9 Å². The molecule has 0 aliphatic rings. The van der Waals surface area contributed by atoms with Gasteiger partial charge >= 0.3 is 0 Å². The van der Waals surface area contributed by atoms with Crippen LogP contribution in [0.15, 0.2) is 60.7 Å². The van der Waals surface area contributed by atoms with Gasteiger partial charge in [-0.1, -0.05) is 63.2 Å². The van der Waals surface area contributed by atoms with Crippen molar-refractivity contribution in [2.24, 2.45) is 0 Å². The number of rotatable bonds is 7. The van der Waals surface area contributed by atoms with Gasteiger partial charge in [0.2, 0.25) is 5.95 Å². The van der Waals surface area contributed by atoms with E-state index >= 15 is 0 Å². The van der Waals surface area contributed by atoms with Crippen LogP contribution in [0.4, 0.5) is 17.5 Å². The Kier molecular flexibility index (Phi) is 6.26. The molecule has 0 saturated heterocycles. The molecule has 0 aliphatic heterocycles. The van der Waals surface area contributed by atoms with Crippen LogP contribution < -0.4 is 10.6 Å². The van der Waals surface area contributed by atoms with Crippen molar-refractivity contribution in [2.45, 2.75) is 26.2 Å². The molecule has 0 amide bonds. The molecule has 0 spiro atoms. The SMILES string of the molecule is COCCNc1cc(-c2ccccc2)nc(Nc2ccc(C(C)(C)C)cc2)n1. The Labute approximate surface area is 167 Å². The first-order valence-corrected chi connectivity index (χ1v) is 9.50. The van der Waals surface area contributed by atoms with Gasteiger partial charge in [0, 0.05) is 31.0 Å². The average molecular weight is 377 g/mol. The van der Waals surface area contributed by atoms with Crippen LogP contribution in [-0.2, 0) is 10.2 Å². The molecule has 5 heteroatoms. The summed E-state index contributed by atoms with van der Waals surface area (Å²) in [4.78, 5) is 9.31. The highest BCUT2D eigenvalue weighted by atomic mass is 16.5. The van der Waals surface area contributed by atoms with Gasteiger partial charge in [-0.15, -0.1) is 0 Å². The lowest BCUT2D eigenvalue weighted by Gasteiger charge is -2.19. The smallest absolute Gasteiger partial charge is 0.229 e. The summed E-state index contributed by atoms with van der Waals surface area (Å²) < 4.78 is 5.12. The largest absolute Gasteiger partial charge is 0.383 e. The molecule has 0 fully saturated rings. The third kappa shape index (κ3) is 5.30. The van der Waals surface area contributed by atoms with Gasteiger partial charge < -0.3 is 15.4 Å². The number of nitrogens with zero attached hydrogens (tertiary/aromatic N) is 2. The van der Waals surface area contributed by atoms with E-state index in [1.165, 1.54) is 5.56 Å². The van der Waals surface area contributed by atoms with E-state index in [-0.39, 0.29) is 5.41 Å². The molecular weight excluding hydrogens is 348 g/mol. The minimum atomic E-state index is 0.126. The quantitative estimate of drug-likeness (QED) is 0.552. The molecule has 0 unspecified atom stereocenters. The van der Waals surface area contributed by atoms with Gasteiger partial charge in [-0.25, -0.2) is 4.98 Å². The van der Waals surface area contributed by atoms with Crippen molar-refractivity contribution in [1.82, 2.24) is 9.97 Å². The van der Waals surface area contributed by atoms with Crippen LogP contribution in [0.1, 0.15) is 26.3 Å². The lowest BCUT2D eigenvalue weighted by atomic mass is 9.87. The highest BCUT2D eigenvalue weighted by Crippen LogP contribution is 2.26. The summed E-state index contributed by atoms with van der Waals surface area (Å²) in [6.45, 7) is 7.92. The van der Waals surface area contributed by atoms with Gasteiger partial charge in [0.1, 0.15) is 5.82 Å². The molecule has 3 aromatic rings. The van der Waals surface area contributed by atoms with Crippen LogP contribution in [0.5, 0.6) is 0 Å². The first-order chi connectivity index (χ1) is 13.5. The van der Waals surface area contributed by atoms with Crippen LogP contribution in [0.3, 0.4) is 0 Å². The van der Waals surface area contributed by atoms with Crippen LogP contribution in [-0.4, -0.2) is 30.2 Å². The number of hydrogen-bond donors (Lipinski definition) is 2. The van der Waals surface area contributed by atoms with Crippen molar-refractivity contribution in [3.05, 3.63) is 66.2 Å². The zero-order valence-electron chi connectivity index (χ0n) is 17.0. The Morgan fingerprint density at radius 2 is 1.64 bits per heavy atom. The fraction of sp³-hybridized carbons (Fsp3) is 0.304. The zero-order chi connectivity index (χ0) is 20.0. The maximum atomic E-state index is 5.12. The van der Waals surface area contributed by atoms with Gasteiger partial charge in [0.05, 0.1) is 12.3 Å². The lowest BCUT2D eigenvalue weighted by molar-refractivity contribution is 0.210. The predicted molar refractivity (Wildman–Crippen MR) is 116 cm³/mol. The van der Waals surface area contributed by atoms with E-state index in [2.05, 4.69) is 60.7 Å². The predicted octanol–water partition coefficient (Wildman–Crippen LogP) is 5.24. The Bertz CT molecular complexity index is 887. The summed E-state index contributed by atoms with van der Waals surface area (Å²) in [7, 11) is 1.69. The molecule has 0 radical (unpaired) electrons. The summed E-state index contributed by atoms with van der Waals surface area (Å²) in [6.07, 6.45) is 0. The minimum Gasteiger partial charge on any atom is -0.383 e. The van der Waals surface area contributed by atoms with Gasteiger partial charge in [-0.05, 0) is 23.1 Å². The molecule has 28 heavy (non-hydrogen) atoms. The standard InChI is InChI=1S/C23H28N4O/c1-23(2,3)18-10-12-19(13-11-18)25-22-26-20(17-8-6-5-7-9-17)16-21(27-22)24-14-15-28-4/h5-13,16H,14-15H2,1-4H3,(H2,24,25,26,27). The second-order valence-corrected chi connectivity index (χ2v) is 7.70. The molecule has 0 bridgehead atoms. The van der Waals surface area contributed by atoms with Crippen LogP contribution in [0.2, 0.25) is 0 Å². The number of nitrogens with one attached hydrogen (secondary N) is 2. The first-order valence-electron chi connectivity index (χ1n) is 9.50. The summed E-state index contributed by atoms with van der Waals surface area (Å²) in [6, 6.07) is 20.5. The van der Waals surface area contributed by atoms with Crippen LogP contribution in [0.25, 0.3) is 11.3 Å². The molecule has 2 aromatic carbocycles. The monoisotopic (exact) mass is 376 g/mol. The maximum Gasteiger partial charge on any atom is 0.229 e. The van der Waals surface area contributed by atoms with Gasteiger partial charge in [-0.3, -0.25) is 0 Å². The minimum absolute atomic E-state index is 0.126. The Balaban J connectivity index is 1.87. The summed E-state index contributed by atoms with van der Waals surface area (Å²) in [5.41, 5.74) is 4.29. The van der Waals surface area contributed by atoms with Crippen molar-refractivity contribution < 1.29 is 4.74 Å². The molecule has 5 nitrogen and oxygen atoms in total. The van der Waals surface area contributed by atoms with Gasteiger partial charge in [0.25, 0.3) is 0 Å². The van der Waals surface area contributed by atoms with E-state index in [1.54, 1.807) is 7.11 Å². The van der Waals surface area contributed by atoms with E-state index in [0.29, 0.717) is 19.1 Å². The van der Waals surface area contributed by atoms with E-state index in [0.717, 1.165) is 22.8 Å². The second-order valence-electron chi connectivity index (χ2n) is 7.70. The summed E-state index contributed by atoms with van der Waals surface area (Å²) >= 11 is 0. The Hall–Kier alpha value is -2.92.